The molecule has 0 bridgehead atoms. The van der Waals surface area contributed by atoms with Gasteiger partial charge in [-0.15, -0.1) is 0 Å². The molecular weight excluding hydrogens is 333 g/mol. The highest BCUT2D eigenvalue weighted by molar-refractivity contribution is 6.01. The van der Waals surface area contributed by atoms with Gasteiger partial charge in [0.2, 0.25) is 0 Å². The van der Waals surface area contributed by atoms with E-state index in [2.05, 4.69) is 0 Å². The monoisotopic (exact) mass is 355 g/mol. The molecule has 1 aliphatic heterocycles. The van der Waals surface area contributed by atoms with Crippen molar-refractivity contribution in [1.82, 2.24) is 4.90 Å². The Balaban J connectivity index is 1.53. The summed E-state index contributed by atoms with van der Waals surface area (Å²) in [6.07, 6.45) is 2.85. The highest BCUT2D eigenvalue weighted by atomic mass is 19.1. The molecule has 2 atom stereocenters. The van der Waals surface area contributed by atoms with E-state index < -0.39 is 6.10 Å². The summed E-state index contributed by atoms with van der Waals surface area (Å²) in [6.45, 7) is 0.940. The predicted octanol–water partition coefficient (Wildman–Crippen LogP) is 3.66. The van der Waals surface area contributed by atoms with Gasteiger partial charge in [-0.3, -0.25) is 4.79 Å². The van der Waals surface area contributed by atoms with Gasteiger partial charge in [0.05, 0.1) is 11.7 Å². The van der Waals surface area contributed by atoms with Gasteiger partial charge in [-0.05, 0) is 48.6 Å². The summed E-state index contributed by atoms with van der Waals surface area (Å²) in [6, 6.07) is 11.8. The number of hydrogen-bond acceptors (Lipinski definition) is 3. The minimum atomic E-state index is -0.480. The number of carbonyl (C=O) groups excluding carboxylic acids is 1. The SMILES string of the molecule is O=C1c2c(cccc2OC2CCCCC2O)CN1Cc1ccc(F)cc1. The lowest BCUT2D eigenvalue weighted by molar-refractivity contribution is 0.00636. The van der Waals surface area contributed by atoms with E-state index >= 15 is 0 Å². The van der Waals surface area contributed by atoms with Crippen molar-refractivity contribution in [3.63, 3.8) is 0 Å². The number of ether oxygens (including phenoxy) is 1. The molecule has 2 aliphatic rings. The second-order valence-electron chi connectivity index (χ2n) is 7.09. The number of nitrogens with zero attached hydrogens (tertiary/aromatic N) is 1. The number of amides is 1. The highest BCUT2D eigenvalue weighted by Crippen LogP contribution is 2.34. The summed E-state index contributed by atoms with van der Waals surface area (Å²) in [4.78, 5) is 14.7. The van der Waals surface area contributed by atoms with E-state index in [0.717, 1.165) is 36.8 Å². The van der Waals surface area contributed by atoms with Crippen molar-refractivity contribution in [2.75, 3.05) is 0 Å². The molecule has 2 aromatic rings. The fraction of sp³-hybridized carbons (Fsp3) is 0.381. The second-order valence-corrected chi connectivity index (χ2v) is 7.09. The van der Waals surface area contributed by atoms with Crippen LogP contribution in [0.5, 0.6) is 5.75 Å². The Bertz CT molecular complexity index is 805. The third-order valence-corrected chi connectivity index (χ3v) is 5.21. The maximum atomic E-state index is 13.1. The third-order valence-electron chi connectivity index (χ3n) is 5.21. The molecule has 2 unspecified atom stereocenters. The Kier molecular flexibility index (Phi) is 4.64. The number of benzene rings is 2. The zero-order valence-corrected chi connectivity index (χ0v) is 14.5. The Morgan fingerprint density at radius 2 is 1.88 bits per heavy atom. The van der Waals surface area contributed by atoms with Crippen LogP contribution in [-0.4, -0.2) is 28.1 Å². The summed E-state index contributed by atoms with van der Waals surface area (Å²) in [7, 11) is 0. The first kappa shape index (κ1) is 17.0. The summed E-state index contributed by atoms with van der Waals surface area (Å²) < 4.78 is 19.1. The van der Waals surface area contributed by atoms with Gasteiger partial charge >= 0.3 is 0 Å². The van der Waals surface area contributed by atoms with E-state index in [-0.39, 0.29) is 17.8 Å². The molecule has 1 fully saturated rings. The lowest BCUT2D eigenvalue weighted by atomic mass is 9.94. The van der Waals surface area contributed by atoms with E-state index in [1.54, 1.807) is 23.1 Å². The maximum absolute atomic E-state index is 13.1. The molecule has 4 rings (SSSR count). The van der Waals surface area contributed by atoms with E-state index in [9.17, 15) is 14.3 Å². The standard InChI is InChI=1S/C21H22FNO3/c22-16-10-8-14(9-11-16)12-23-13-15-4-3-7-19(20(15)21(23)25)26-18-6-2-1-5-17(18)24/h3-4,7-11,17-18,24H,1-2,5-6,12-13H2. The Morgan fingerprint density at radius 3 is 2.65 bits per heavy atom. The molecule has 0 radical (unpaired) electrons. The van der Waals surface area contributed by atoms with E-state index in [0.29, 0.717) is 24.4 Å². The van der Waals surface area contributed by atoms with Gasteiger partial charge in [0, 0.05) is 13.1 Å². The molecular formula is C21H22FNO3. The third kappa shape index (κ3) is 3.31. The molecule has 5 heteroatoms. The Morgan fingerprint density at radius 1 is 1.12 bits per heavy atom. The smallest absolute Gasteiger partial charge is 0.258 e. The zero-order valence-electron chi connectivity index (χ0n) is 14.5. The number of halogens is 1. The van der Waals surface area contributed by atoms with Crippen LogP contribution < -0.4 is 4.74 Å². The lowest BCUT2D eigenvalue weighted by Gasteiger charge is -2.28. The van der Waals surface area contributed by atoms with Gasteiger partial charge in [-0.25, -0.2) is 4.39 Å². The molecule has 136 valence electrons. The number of carbonyl (C=O) groups is 1. The number of rotatable bonds is 4. The summed E-state index contributed by atoms with van der Waals surface area (Å²) >= 11 is 0. The normalized spacial score (nSPS) is 22.4. The Labute approximate surface area is 152 Å². The number of aliphatic hydroxyl groups excluding tert-OH is 1. The summed E-state index contributed by atoms with van der Waals surface area (Å²) in [5, 5.41) is 10.2. The van der Waals surface area contributed by atoms with Crippen LogP contribution in [0.4, 0.5) is 4.39 Å². The summed E-state index contributed by atoms with van der Waals surface area (Å²) in [5.74, 6) is 0.191. The van der Waals surface area contributed by atoms with Gasteiger partial charge in [-0.1, -0.05) is 30.7 Å². The first-order valence-corrected chi connectivity index (χ1v) is 9.12. The van der Waals surface area contributed by atoms with Crippen molar-refractivity contribution in [1.29, 1.82) is 0 Å². The van der Waals surface area contributed by atoms with Crippen molar-refractivity contribution >= 4 is 5.91 Å². The molecule has 1 aliphatic carbocycles. The van der Waals surface area contributed by atoms with Crippen LogP contribution in [-0.2, 0) is 13.1 Å². The van der Waals surface area contributed by atoms with Gasteiger partial charge in [0.1, 0.15) is 17.7 Å². The second kappa shape index (κ2) is 7.08. The summed E-state index contributed by atoms with van der Waals surface area (Å²) in [5.41, 5.74) is 2.41. The number of aliphatic hydroxyl groups is 1. The molecule has 0 spiro atoms. The van der Waals surface area contributed by atoms with Crippen molar-refractivity contribution < 1.29 is 19.0 Å². The zero-order chi connectivity index (χ0) is 18.1. The van der Waals surface area contributed by atoms with Gasteiger partial charge < -0.3 is 14.7 Å². The molecule has 0 aromatic heterocycles. The fourth-order valence-electron chi connectivity index (χ4n) is 3.80. The minimum absolute atomic E-state index is 0.0785. The van der Waals surface area contributed by atoms with Crippen LogP contribution in [0.15, 0.2) is 42.5 Å². The van der Waals surface area contributed by atoms with Gasteiger partial charge in [0.15, 0.2) is 0 Å². The molecule has 4 nitrogen and oxygen atoms in total. The van der Waals surface area contributed by atoms with Gasteiger partial charge in [0.25, 0.3) is 5.91 Å². The average Bonchev–Trinajstić information content (AvgIpc) is 2.96. The number of hydrogen-bond donors (Lipinski definition) is 1. The van der Waals surface area contributed by atoms with Crippen molar-refractivity contribution in [3.05, 3.63) is 65.0 Å². The molecule has 1 amide bonds. The quantitative estimate of drug-likeness (QED) is 0.910. The maximum Gasteiger partial charge on any atom is 0.258 e. The Hall–Kier alpha value is -2.40. The molecule has 26 heavy (non-hydrogen) atoms. The van der Waals surface area contributed by atoms with Crippen LogP contribution >= 0.6 is 0 Å². The van der Waals surface area contributed by atoms with E-state index in [4.69, 9.17) is 4.74 Å². The molecule has 1 saturated carbocycles. The van der Waals surface area contributed by atoms with Crippen LogP contribution in [0.1, 0.15) is 47.2 Å². The van der Waals surface area contributed by atoms with Crippen molar-refractivity contribution in [2.24, 2.45) is 0 Å². The molecule has 0 saturated heterocycles. The molecule has 1 heterocycles. The van der Waals surface area contributed by atoms with Crippen LogP contribution in [0.3, 0.4) is 0 Å². The minimum Gasteiger partial charge on any atom is -0.487 e. The average molecular weight is 355 g/mol. The van der Waals surface area contributed by atoms with Crippen LogP contribution in [0, 0.1) is 5.82 Å². The largest absolute Gasteiger partial charge is 0.487 e. The van der Waals surface area contributed by atoms with Crippen molar-refractivity contribution in [2.45, 2.75) is 51.0 Å². The first-order chi connectivity index (χ1) is 12.6. The highest BCUT2D eigenvalue weighted by Gasteiger charge is 2.33. The topological polar surface area (TPSA) is 49.8 Å². The van der Waals surface area contributed by atoms with Crippen LogP contribution in [0.2, 0.25) is 0 Å². The first-order valence-electron chi connectivity index (χ1n) is 9.12. The van der Waals surface area contributed by atoms with E-state index in [1.165, 1.54) is 12.1 Å². The van der Waals surface area contributed by atoms with Crippen molar-refractivity contribution in [3.8, 4) is 5.75 Å². The van der Waals surface area contributed by atoms with Gasteiger partial charge in [-0.2, -0.15) is 0 Å². The predicted molar refractivity (Wildman–Crippen MR) is 95.3 cm³/mol. The number of fused-ring (bicyclic) bond motifs is 1. The molecule has 2 aromatic carbocycles. The lowest BCUT2D eigenvalue weighted by Crippen LogP contribution is -2.35. The van der Waals surface area contributed by atoms with Crippen LogP contribution in [0.25, 0.3) is 0 Å². The molecule has 1 N–H and O–H groups in total. The van der Waals surface area contributed by atoms with E-state index in [1.807, 2.05) is 12.1 Å². The fourth-order valence-corrected chi connectivity index (χ4v) is 3.80.